The Morgan fingerprint density at radius 1 is 1.29 bits per heavy atom. The molecule has 0 bridgehead atoms. The number of aliphatic carboxylic acids is 1. The summed E-state index contributed by atoms with van der Waals surface area (Å²) in [5.41, 5.74) is 8.38. The predicted octanol–water partition coefficient (Wildman–Crippen LogP) is 2.09. The first kappa shape index (κ1) is 13.2. The molecule has 3 N–H and O–H groups in total. The van der Waals surface area contributed by atoms with Crippen molar-refractivity contribution in [3.05, 3.63) is 35.7 Å². The summed E-state index contributed by atoms with van der Waals surface area (Å²) >= 11 is 0. The van der Waals surface area contributed by atoms with E-state index < -0.39 is 5.97 Å². The Morgan fingerprint density at radius 2 is 2.10 bits per heavy atom. The average molecular weight is 282 g/mol. The number of benzene rings is 1. The molecule has 0 aliphatic carbocycles. The van der Waals surface area contributed by atoms with Gasteiger partial charge in [0.1, 0.15) is 11.6 Å². The molecule has 0 atom stereocenters. The molecule has 0 aliphatic rings. The van der Waals surface area contributed by atoms with Gasteiger partial charge in [-0.15, -0.1) is 0 Å². The van der Waals surface area contributed by atoms with E-state index in [2.05, 4.69) is 15.0 Å². The van der Waals surface area contributed by atoms with E-state index in [1.807, 2.05) is 31.2 Å². The van der Waals surface area contributed by atoms with Gasteiger partial charge in [0.05, 0.1) is 17.3 Å². The number of aryl methyl sites for hydroxylation is 2. The molecule has 0 saturated heterocycles. The van der Waals surface area contributed by atoms with Crippen LogP contribution in [0.2, 0.25) is 0 Å². The lowest BCUT2D eigenvalue weighted by Crippen LogP contribution is -2.05. The summed E-state index contributed by atoms with van der Waals surface area (Å²) in [4.78, 5) is 23.7. The maximum atomic E-state index is 10.6. The fourth-order valence-corrected chi connectivity index (χ4v) is 2.29. The van der Waals surface area contributed by atoms with Crippen LogP contribution in [0.25, 0.3) is 21.9 Å². The Kier molecular flexibility index (Phi) is 3.13. The lowest BCUT2D eigenvalue weighted by molar-refractivity contribution is -0.137. The maximum absolute atomic E-state index is 10.6. The largest absolute Gasteiger partial charge is 0.481 e. The van der Waals surface area contributed by atoms with E-state index in [1.165, 1.54) is 0 Å². The number of hydrogen-bond acceptors (Lipinski definition) is 5. The number of nitrogens with two attached hydrogens (primary N) is 1. The Balaban J connectivity index is 2.18. The minimum atomic E-state index is -0.889. The van der Waals surface area contributed by atoms with Crippen molar-refractivity contribution in [1.29, 1.82) is 0 Å². The normalized spacial score (nSPS) is 11.1. The number of aromatic nitrogens is 3. The lowest BCUT2D eigenvalue weighted by Gasteiger charge is -2.07. The highest BCUT2D eigenvalue weighted by molar-refractivity contribution is 5.96. The SMILES string of the molecule is Cc1cccc2cc3c(N)nc(CCC(=O)O)nc3nc12. The third kappa shape index (κ3) is 2.47. The van der Waals surface area contributed by atoms with Crippen LogP contribution in [0.3, 0.4) is 0 Å². The van der Waals surface area contributed by atoms with E-state index in [0.717, 1.165) is 16.5 Å². The Hall–Kier alpha value is -2.76. The number of rotatable bonds is 3. The van der Waals surface area contributed by atoms with Crippen molar-refractivity contribution in [1.82, 2.24) is 15.0 Å². The van der Waals surface area contributed by atoms with Crippen LogP contribution in [-0.4, -0.2) is 26.0 Å². The van der Waals surface area contributed by atoms with E-state index in [-0.39, 0.29) is 12.8 Å². The van der Waals surface area contributed by atoms with Gasteiger partial charge in [0.15, 0.2) is 5.65 Å². The highest BCUT2D eigenvalue weighted by Crippen LogP contribution is 2.24. The molecule has 0 saturated carbocycles. The second-order valence-electron chi connectivity index (χ2n) is 4.92. The first-order valence-electron chi connectivity index (χ1n) is 6.59. The van der Waals surface area contributed by atoms with Gasteiger partial charge in [-0.05, 0) is 18.6 Å². The molecule has 6 nitrogen and oxygen atoms in total. The Labute approximate surface area is 120 Å². The van der Waals surface area contributed by atoms with E-state index in [9.17, 15) is 4.79 Å². The smallest absolute Gasteiger partial charge is 0.303 e. The molecule has 21 heavy (non-hydrogen) atoms. The summed E-state index contributed by atoms with van der Waals surface area (Å²) in [6, 6.07) is 7.83. The van der Waals surface area contributed by atoms with Crippen molar-refractivity contribution in [2.24, 2.45) is 0 Å². The molecule has 0 unspecified atom stereocenters. The highest BCUT2D eigenvalue weighted by atomic mass is 16.4. The van der Waals surface area contributed by atoms with Crippen molar-refractivity contribution in [2.75, 3.05) is 5.73 Å². The molecule has 0 spiro atoms. The molecule has 106 valence electrons. The molecule has 1 aromatic carbocycles. The number of carboxylic acid groups (broad SMARTS) is 1. The number of nitrogen functional groups attached to an aromatic ring is 1. The third-order valence-electron chi connectivity index (χ3n) is 3.35. The van der Waals surface area contributed by atoms with Crippen LogP contribution in [0.1, 0.15) is 17.8 Å². The van der Waals surface area contributed by atoms with Gasteiger partial charge in [-0.3, -0.25) is 4.79 Å². The number of nitrogens with zero attached hydrogens (tertiary/aromatic N) is 3. The Morgan fingerprint density at radius 3 is 2.86 bits per heavy atom. The van der Waals surface area contributed by atoms with Gasteiger partial charge in [-0.25, -0.2) is 15.0 Å². The van der Waals surface area contributed by atoms with Crippen molar-refractivity contribution >= 4 is 33.7 Å². The van der Waals surface area contributed by atoms with Gasteiger partial charge in [-0.1, -0.05) is 18.2 Å². The van der Waals surface area contributed by atoms with Crippen molar-refractivity contribution < 1.29 is 9.90 Å². The second kappa shape index (κ2) is 4.97. The number of anilines is 1. The highest BCUT2D eigenvalue weighted by Gasteiger charge is 2.10. The van der Waals surface area contributed by atoms with Crippen LogP contribution in [0, 0.1) is 6.92 Å². The number of hydrogen-bond donors (Lipinski definition) is 2. The predicted molar refractivity (Wildman–Crippen MR) is 79.9 cm³/mol. The fourth-order valence-electron chi connectivity index (χ4n) is 2.29. The molecule has 2 heterocycles. The van der Waals surface area contributed by atoms with Gasteiger partial charge in [0.2, 0.25) is 0 Å². The topological polar surface area (TPSA) is 102 Å². The van der Waals surface area contributed by atoms with Crippen molar-refractivity contribution in [3.63, 3.8) is 0 Å². The standard InChI is InChI=1S/C15H14N4O2/c1-8-3-2-4-9-7-10-14(16)17-11(5-6-12(20)21)18-15(10)19-13(8)9/h2-4,7H,5-6H2,1H3,(H,20,21)(H2,16,17,18,19). The maximum Gasteiger partial charge on any atom is 0.303 e. The van der Waals surface area contributed by atoms with Gasteiger partial charge < -0.3 is 10.8 Å². The van der Waals surface area contributed by atoms with Crippen LogP contribution >= 0.6 is 0 Å². The first-order valence-corrected chi connectivity index (χ1v) is 6.59. The zero-order valence-corrected chi connectivity index (χ0v) is 11.5. The van der Waals surface area contributed by atoms with Gasteiger partial charge in [-0.2, -0.15) is 0 Å². The average Bonchev–Trinajstić information content (AvgIpc) is 2.44. The minimum absolute atomic E-state index is 0.0302. The van der Waals surface area contributed by atoms with E-state index in [0.29, 0.717) is 22.7 Å². The summed E-state index contributed by atoms with van der Waals surface area (Å²) in [7, 11) is 0. The molecule has 3 rings (SSSR count). The molecule has 0 fully saturated rings. The summed E-state index contributed by atoms with van der Waals surface area (Å²) in [5, 5.41) is 10.4. The number of carbonyl (C=O) groups is 1. The van der Waals surface area contributed by atoms with E-state index in [1.54, 1.807) is 0 Å². The molecule has 0 radical (unpaired) electrons. The summed E-state index contributed by atoms with van der Waals surface area (Å²) in [6.45, 7) is 1.98. The van der Waals surface area contributed by atoms with E-state index >= 15 is 0 Å². The first-order chi connectivity index (χ1) is 10.0. The van der Waals surface area contributed by atoms with Gasteiger partial charge in [0, 0.05) is 11.8 Å². The molecule has 0 aliphatic heterocycles. The summed E-state index contributed by atoms with van der Waals surface area (Å²) < 4.78 is 0. The molecule has 3 aromatic rings. The van der Waals surface area contributed by atoms with Crippen molar-refractivity contribution in [2.45, 2.75) is 19.8 Å². The molecular weight excluding hydrogens is 268 g/mol. The molecule has 6 heteroatoms. The van der Waals surface area contributed by atoms with Gasteiger partial charge >= 0.3 is 5.97 Å². The number of para-hydroxylation sites is 1. The second-order valence-corrected chi connectivity index (χ2v) is 4.92. The molecule has 0 amide bonds. The lowest BCUT2D eigenvalue weighted by atomic mass is 10.1. The van der Waals surface area contributed by atoms with Crippen LogP contribution in [-0.2, 0) is 11.2 Å². The fraction of sp³-hybridized carbons (Fsp3) is 0.200. The number of carboxylic acids is 1. The van der Waals surface area contributed by atoms with Crippen LogP contribution in [0.15, 0.2) is 24.3 Å². The van der Waals surface area contributed by atoms with Crippen LogP contribution in [0.5, 0.6) is 0 Å². The zero-order chi connectivity index (χ0) is 15.0. The quantitative estimate of drug-likeness (QED) is 0.713. The zero-order valence-electron chi connectivity index (χ0n) is 11.5. The molecule has 2 aromatic heterocycles. The summed E-state index contributed by atoms with van der Waals surface area (Å²) in [6.07, 6.45) is 0.209. The summed E-state index contributed by atoms with van der Waals surface area (Å²) in [5.74, 6) is -0.154. The number of fused-ring (bicyclic) bond motifs is 2. The number of pyridine rings is 1. The van der Waals surface area contributed by atoms with Crippen LogP contribution < -0.4 is 5.73 Å². The van der Waals surface area contributed by atoms with Crippen molar-refractivity contribution in [3.8, 4) is 0 Å². The van der Waals surface area contributed by atoms with E-state index in [4.69, 9.17) is 10.8 Å². The monoisotopic (exact) mass is 282 g/mol. The van der Waals surface area contributed by atoms with Crippen LogP contribution in [0.4, 0.5) is 5.82 Å². The molecular formula is C15H14N4O2. The minimum Gasteiger partial charge on any atom is -0.481 e. The third-order valence-corrected chi connectivity index (χ3v) is 3.35. The Bertz CT molecular complexity index is 861. The van der Waals surface area contributed by atoms with Gasteiger partial charge in [0.25, 0.3) is 0 Å².